The third-order valence-corrected chi connectivity index (χ3v) is 2.68. The maximum Gasteiger partial charge on any atom is 0.123 e. The van der Waals surface area contributed by atoms with Gasteiger partial charge in [0, 0.05) is 10.0 Å². The van der Waals surface area contributed by atoms with E-state index >= 15 is 0 Å². The Bertz CT molecular complexity index is 496. The Morgan fingerprint density at radius 1 is 1.24 bits per heavy atom. The van der Waals surface area contributed by atoms with Crippen LogP contribution in [0, 0.1) is 0 Å². The van der Waals surface area contributed by atoms with Gasteiger partial charge in [0.25, 0.3) is 0 Å². The minimum atomic E-state index is 0.222. The van der Waals surface area contributed by atoms with Crippen molar-refractivity contribution in [3.63, 3.8) is 0 Å². The van der Waals surface area contributed by atoms with Crippen molar-refractivity contribution in [2.24, 2.45) is 0 Å². The van der Waals surface area contributed by atoms with Crippen molar-refractivity contribution in [3.8, 4) is 5.75 Å². The Morgan fingerprint density at radius 3 is 2.59 bits per heavy atom. The van der Waals surface area contributed by atoms with Crippen LogP contribution in [0.1, 0.15) is 12.5 Å². The van der Waals surface area contributed by atoms with Gasteiger partial charge in [0.2, 0.25) is 0 Å². The zero-order valence-electron chi connectivity index (χ0n) is 9.78. The molecule has 0 bridgehead atoms. The fraction of sp³-hybridized carbons (Fsp3) is 0.0667. The molecule has 1 nitrogen and oxygen atoms in total. The van der Waals surface area contributed by atoms with Gasteiger partial charge >= 0.3 is 0 Å². The van der Waals surface area contributed by atoms with Gasteiger partial charge in [-0.05, 0) is 36.3 Å². The van der Waals surface area contributed by atoms with E-state index in [1.165, 1.54) is 0 Å². The second-order valence-electron chi connectivity index (χ2n) is 3.59. The van der Waals surface area contributed by atoms with E-state index in [1.807, 2.05) is 37.3 Å². The van der Waals surface area contributed by atoms with Crippen LogP contribution in [-0.4, -0.2) is 5.11 Å². The number of rotatable bonds is 4. The van der Waals surface area contributed by atoms with Gasteiger partial charge in [-0.25, -0.2) is 0 Å². The van der Waals surface area contributed by atoms with Crippen molar-refractivity contribution >= 4 is 21.5 Å². The first-order chi connectivity index (χ1) is 8.04. The lowest BCUT2D eigenvalue weighted by Gasteiger charge is -2.04. The lowest BCUT2D eigenvalue weighted by molar-refractivity contribution is 0.473. The van der Waals surface area contributed by atoms with Crippen LogP contribution in [0.3, 0.4) is 0 Å². The molecule has 0 heterocycles. The van der Waals surface area contributed by atoms with E-state index in [0.29, 0.717) is 5.56 Å². The molecule has 0 spiro atoms. The van der Waals surface area contributed by atoms with Crippen molar-refractivity contribution in [1.29, 1.82) is 0 Å². The van der Waals surface area contributed by atoms with E-state index in [0.717, 1.165) is 15.6 Å². The average Bonchev–Trinajstić information content (AvgIpc) is 2.29. The van der Waals surface area contributed by atoms with Crippen molar-refractivity contribution in [3.05, 3.63) is 71.3 Å². The van der Waals surface area contributed by atoms with E-state index in [1.54, 1.807) is 12.1 Å². The Balaban J connectivity index is 2.90. The number of hydrogen-bond acceptors (Lipinski definition) is 1. The highest BCUT2D eigenvalue weighted by Gasteiger charge is 2.03. The molecule has 0 saturated heterocycles. The van der Waals surface area contributed by atoms with Crippen LogP contribution in [0.5, 0.6) is 5.75 Å². The van der Waals surface area contributed by atoms with Gasteiger partial charge in [-0.2, -0.15) is 0 Å². The molecule has 17 heavy (non-hydrogen) atoms. The van der Waals surface area contributed by atoms with Crippen LogP contribution < -0.4 is 0 Å². The molecule has 0 aromatic heterocycles. The molecule has 0 aliphatic heterocycles. The Hall–Kier alpha value is -1.54. The molecule has 1 N–H and O–H groups in total. The summed E-state index contributed by atoms with van der Waals surface area (Å²) in [6.07, 6.45) is 7.53. The molecular formula is C15H15BrO. The summed E-state index contributed by atoms with van der Waals surface area (Å²) in [5, 5.41) is 9.72. The summed E-state index contributed by atoms with van der Waals surface area (Å²) in [5.74, 6) is 0.222. The first-order valence-electron chi connectivity index (χ1n) is 5.22. The van der Waals surface area contributed by atoms with Gasteiger partial charge in [0.05, 0.1) is 0 Å². The van der Waals surface area contributed by atoms with E-state index < -0.39 is 0 Å². The van der Waals surface area contributed by atoms with Crippen LogP contribution >= 0.6 is 15.9 Å². The van der Waals surface area contributed by atoms with Crippen LogP contribution in [0.2, 0.25) is 0 Å². The fourth-order valence-corrected chi connectivity index (χ4v) is 1.69. The van der Waals surface area contributed by atoms with Gasteiger partial charge < -0.3 is 5.11 Å². The monoisotopic (exact) mass is 290 g/mol. The van der Waals surface area contributed by atoms with Gasteiger partial charge in [-0.3, -0.25) is 0 Å². The summed E-state index contributed by atoms with van der Waals surface area (Å²) in [5.41, 5.74) is 2.35. The SMILES string of the molecule is C=C(/C=C\C)/C=C/C(=C)c1cc(Br)ccc1O. The zero-order chi connectivity index (χ0) is 12.8. The van der Waals surface area contributed by atoms with Crippen molar-refractivity contribution < 1.29 is 5.11 Å². The van der Waals surface area contributed by atoms with Gasteiger partial charge in [0.1, 0.15) is 5.75 Å². The summed E-state index contributed by atoms with van der Waals surface area (Å²) in [4.78, 5) is 0. The number of phenols is 1. The predicted octanol–water partition coefficient (Wildman–Crippen LogP) is 4.86. The lowest BCUT2D eigenvalue weighted by atomic mass is 10.1. The van der Waals surface area contributed by atoms with Crippen LogP contribution in [0.4, 0.5) is 0 Å². The highest BCUT2D eigenvalue weighted by Crippen LogP contribution is 2.28. The molecular weight excluding hydrogens is 276 g/mol. The molecule has 1 aromatic carbocycles. The molecule has 0 aliphatic carbocycles. The first kappa shape index (κ1) is 13.5. The maximum atomic E-state index is 9.72. The molecule has 0 saturated carbocycles. The highest BCUT2D eigenvalue weighted by molar-refractivity contribution is 9.10. The maximum absolute atomic E-state index is 9.72. The third-order valence-electron chi connectivity index (χ3n) is 2.18. The van der Waals surface area contributed by atoms with Gasteiger partial charge in [0.15, 0.2) is 0 Å². The van der Waals surface area contributed by atoms with Crippen molar-refractivity contribution in [2.45, 2.75) is 6.92 Å². The summed E-state index contributed by atoms with van der Waals surface area (Å²) >= 11 is 3.36. The molecule has 0 aliphatic rings. The second kappa shape index (κ2) is 6.26. The summed E-state index contributed by atoms with van der Waals surface area (Å²) in [6.45, 7) is 9.73. The van der Waals surface area contributed by atoms with Crippen LogP contribution in [0.15, 0.2) is 65.7 Å². The van der Waals surface area contributed by atoms with E-state index in [2.05, 4.69) is 29.1 Å². The standard InChI is InChI=1S/C15H15BrO/c1-4-5-11(2)6-7-12(3)14-10-13(16)8-9-15(14)17/h4-10,17H,2-3H2,1H3/b5-4-,7-6+. The Kier molecular flexibility index (Phi) is 4.98. The van der Waals surface area contributed by atoms with Crippen molar-refractivity contribution in [1.82, 2.24) is 0 Å². The second-order valence-corrected chi connectivity index (χ2v) is 4.51. The molecule has 0 unspecified atom stereocenters. The fourth-order valence-electron chi connectivity index (χ4n) is 1.33. The Morgan fingerprint density at radius 2 is 1.94 bits per heavy atom. The zero-order valence-corrected chi connectivity index (χ0v) is 11.4. The van der Waals surface area contributed by atoms with E-state index in [-0.39, 0.29) is 5.75 Å². The molecule has 1 aromatic rings. The molecule has 2 heteroatoms. The van der Waals surface area contributed by atoms with Gasteiger partial charge in [-0.1, -0.05) is 53.4 Å². The topological polar surface area (TPSA) is 20.2 Å². The van der Waals surface area contributed by atoms with Gasteiger partial charge in [-0.15, -0.1) is 0 Å². The highest BCUT2D eigenvalue weighted by atomic mass is 79.9. The largest absolute Gasteiger partial charge is 0.507 e. The minimum absolute atomic E-state index is 0.222. The minimum Gasteiger partial charge on any atom is -0.507 e. The van der Waals surface area contributed by atoms with E-state index in [4.69, 9.17) is 0 Å². The predicted molar refractivity (Wildman–Crippen MR) is 77.9 cm³/mol. The molecule has 0 fully saturated rings. The molecule has 1 rings (SSSR count). The summed E-state index contributed by atoms with van der Waals surface area (Å²) in [6, 6.07) is 5.26. The number of benzene rings is 1. The molecule has 0 radical (unpaired) electrons. The van der Waals surface area contributed by atoms with Crippen molar-refractivity contribution in [2.75, 3.05) is 0 Å². The number of allylic oxidation sites excluding steroid dienone is 6. The summed E-state index contributed by atoms with van der Waals surface area (Å²) < 4.78 is 0.909. The van der Waals surface area contributed by atoms with Crippen LogP contribution in [-0.2, 0) is 0 Å². The quantitative estimate of drug-likeness (QED) is 0.786. The molecule has 0 atom stereocenters. The number of phenolic OH excluding ortho intramolecular Hbond substituents is 1. The number of aromatic hydroxyl groups is 1. The average molecular weight is 291 g/mol. The first-order valence-corrected chi connectivity index (χ1v) is 6.01. The molecule has 0 amide bonds. The van der Waals surface area contributed by atoms with Crippen LogP contribution in [0.25, 0.3) is 5.57 Å². The smallest absolute Gasteiger partial charge is 0.123 e. The summed E-state index contributed by atoms with van der Waals surface area (Å²) in [7, 11) is 0. The van der Waals surface area contributed by atoms with E-state index in [9.17, 15) is 5.11 Å². The normalized spacial score (nSPS) is 11.2. The third kappa shape index (κ3) is 4.08. The number of halogens is 1. The Labute approximate surface area is 111 Å². The lowest BCUT2D eigenvalue weighted by Crippen LogP contribution is -1.81. The number of hydrogen-bond donors (Lipinski definition) is 1. The molecule has 88 valence electrons.